The number of hydrogen-bond acceptors (Lipinski definition) is 6. The van der Waals surface area contributed by atoms with Gasteiger partial charge in [0.05, 0.1) is 12.4 Å². The number of aromatic amines is 2. The molecular weight excluding hydrogens is 256 g/mol. The Labute approximate surface area is 116 Å². The van der Waals surface area contributed by atoms with Crippen LogP contribution in [0.15, 0.2) is 12.4 Å². The number of aromatic nitrogens is 4. The molecule has 8 heteroatoms. The molecule has 3 rings (SSSR count). The van der Waals surface area contributed by atoms with Gasteiger partial charge in [-0.3, -0.25) is 0 Å². The molecule has 0 spiro atoms. The number of nitrogens with zero attached hydrogens (tertiary/aromatic N) is 2. The van der Waals surface area contributed by atoms with E-state index in [4.69, 9.17) is 22.9 Å². The molecule has 1 fully saturated rings. The molecule has 10 N–H and O–H groups in total. The molecule has 2 heterocycles. The van der Waals surface area contributed by atoms with Gasteiger partial charge in [0.1, 0.15) is 0 Å². The van der Waals surface area contributed by atoms with Gasteiger partial charge in [0.25, 0.3) is 0 Å². The van der Waals surface area contributed by atoms with Crippen molar-refractivity contribution in [2.75, 3.05) is 24.6 Å². The molecular formula is C12H20N8. The lowest BCUT2D eigenvalue weighted by Crippen LogP contribution is -2.50. The number of anilines is 2. The zero-order valence-electron chi connectivity index (χ0n) is 11.1. The van der Waals surface area contributed by atoms with E-state index in [0.717, 1.165) is 11.4 Å². The number of H-pyrrole nitrogens is 2. The average Bonchev–Trinajstić information content (AvgIpc) is 2.99. The number of nitrogen functional groups attached to an aromatic ring is 2. The average molecular weight is 276 g/mol. The number of hydrogen-bond donors (Lipinski definition) is 6. The molecule has 4 atom stereocenters. The van der Waals surface area contributed by atoms with Gasteiger partial charge < -0.3 is 32.9 Å². The normalized spacial score (nSPS) is 29.3. The van der Waals surface area contributed by atoms with Crippen molar-refractivity contribution in [3.8, 4) is 0 Å². The van der Waals surface area contributed by atoms with Crippen molar-refractivity contribution in [1.29, 1.82) is 0 Å². The summed E-state index contributed by atoms with van der Waals surface area (Å²) in [5.41, 5.74) is 25.1. The number of nitrogens with one attached hydrogen (secondary N) is 2. The maximum atomic E-state index is 5.91. The summed E-state index contributed by atoms with van der Waals surface area (Å²) in [5, 5.41) is 0. The fourth-order valence-electron chi connectivity index (χ4n) is 3.45. The van der Waals surface area contributed by atoms with Crippen LogP contribution in [-0.2, 0) is 0 Å². The van der Waals surface area contributed by atoms with E-state index in [1.807, 2.05) is 0 Å². The van der Waals surface area contributed by atoms with Crippen molar-refractivity contribution in [1.82, 2.24) is 19.9 Å². The lowest BCUT2D eigenvalue weighted by Gasteiger charge is -2.50. The Morgan fingerprint density at radius 1 is 0.850 bits per heavy atom. The van der Waals surface area contributed by atoms with Gasteiger partial charge in [0.15, 0.2) is 11.9 Å². The van der Waals surface area contributed by atoms with Crippen LogP contribution >= 0.6 is 0 Å². The highest BCUT2D eigenvalue weighted by molar-refractivity contribution is 5.33. The zero-order chi connectivity index (χ0) is 14.3. The van der Waals surface area contributed by atoms with Crippen LogP contribution in [0.25, 0.3) is 0 Å². The molecule has 0 aromatic carbocycles. The predicted molar refractivity (Wildman–Crippen MR) is 76.6 cm³/mol. The van der Waals surface area contributed by atoms with Gasteiger partial charge in [-0.2, -0.15) is 0 Å². The third kappa shape index (κ3) is 1.84. The minimum absolute atomic E-state index is 0.207. The second-order valence-corrected chi connectivity index (χ2v) is 5.30. The van der Waals surface area contributed by atoms with Gasteiger partial charge in [-0.15, -0.1) is 0 Å². The van der Waals surface area contributed by atoms with Crippen LogP contribution in [0.3, 0.4) is 0 Å². The number of nitrogens with two attached hydrogens (primary N) is 4. The molecule has 0 saturated heterocycles. The molecule has 4 unspecified atom stereocenters. The van der Waals surface area contributed by atoms with Crippen LogP contribution in [0, 0.1) is 11.8 Å². The molecule has 8 nitrogen and oxygen atoms in total. The summed E-state index contributed by atoms with van der Waals surface area (Å²) in [6.07, 6.45) is 3.53. The van der Waals surface area contributed by atoms with E-state index in [1.54, 1.807) is 12.4 Å². The Morgan fingerprint density at radius 3 is 1.50 bits per heavy atom. The summed E-state index contributed by atoms with van der Waals surface area (Å²) in [5.74, 6) is 1.84. The summed E-state index contributed by atoms with van der Waals surface area (Å²) in [4.78, 5) is 14.3. The highest BCUT2D eigenvalue weighted by atomic mass is 15.0. The molecule has 0 radical (unpaired) electrons. The molecule has 2 aromatic rings. The first-order chi connectivity index (χ1) is 9.65. The van der Waals surface area contributed by atoms with Crippen molar-refractivity contribution in [3.63, 3.8) is 0 Å². The smallest absolute Gasteiger partial charge is 0.197 e. The van der Waals surface area contributed by atoms with E-state index in [-0.39, 0.29) is 11.8 Å². The van der Waals surface area contributed by atoms with Crippen molar-refractivity contribution < 1.29 is 0 Å². The van der Waals surface area contributed by atoms with Gasteiger partial charge in [-0.05, 0) is 24.9 Å². The van der Waals surface area contributed by atoms with Crippen LogP contribution in [-0.4, -0.2) is 33.0 Å². The topological polar surface area (TPSA) is 161 Å². The lowest BCUT2D eigenvalue weighted by atomic mass is 9.54. The van der Waals surface area contributed by atoms with Crippen molar-refractivity contribution in [2.24, 2.45) is 23.3 Å². The van der Waals surface area contributed by atoms with Gasteiger partial charge >= 0.3 is 0 Å². The van der Waals surface area contributed by atoms with E-state index in [0.29, 0.717) is 36.8 Å². The third-order valence-electron chi connectivity index (χ3n) is 4.35. The molecule has 0 aliphatic heterocycles. The minimum atomic E-state index is 0.207. The van der Waals surface area contributed by atoms with Crippen molar-refractivity contribution in [3.05, 3.63) is 23.8 Å². The van der Waals surface area contributed by atoms with E-state index in [9.17, 15) is 0 Å². The Hall–Kier alpha value is -2.06. The third-order valence-corrected chi connectivity index (χ3v) is 4.35. The predicted octanol–water partition coefficient (Wildman–Crippen LogP) is -0.672. The molecule has 2 aromatic heterocycles. The molecule has 20 heavy (non-hydrogen) atoms. The fourth-order valence-corrected chi connectivity index (χ4v) is 3.45. The molecule has 1 aliphatic rings. The maximum absolute atomic E-state index is 5.91. The zero-order valence-corrected chi connectivity index (χ0v) is 11.1. The lowest BCUT2D eigenvalue weighted by molar-refractivity contribution is 0.0978. The highest BCUT2D eigenvalue weighted by Crippen LogP contribution is 2.56. The first-order valence-corrected chi connectivity index (χ1v) is 6.66. The van der Waals surface area contributed by atoms with Crippen LogP contribution in [0.5, 0.6) is 0 Å². The van der Waals surface area contributed by atoms with E-state index >= 15 is 0 Å². The Bertz CT molecular complexity index is 536. The molecule has 0 amide bonds. The summed E-state index contributed by atoms with van der Waals surface area (Å²) in [6, 6.07) is 0. The monoisotopic (exact) mass is 276 g/mol. The van der Waals surface area contributed by atoms with Crippen LogP contribution in [0.2, 0.25) is 0 Å². The summed E-state index contributed by atoms with van der Waals surface area (Å²) in [7, 11) is 0. The minimum Gasteiger partial charge on any atom is -0.369 e. The van der Waals surface area contributed by atoms with Crippen LogP contribution in [0.4, 0.5) is 11.9 Å². The number of imidazole rings is 2. The van der Waals surface area contributed by atoms with Crippen molar-refractivity contribution >= 4 is 11.9 Å². The second kappa shape index (κ2) is 4.80. The summed E-state index contributed by atoms with van der Waals surface area (Å²) < 4.78 is 0. The van der Waals surface area contributed by atoms with Gasteiger partial charge in [-0.25, -0.2) is 9.97 Å². The highest BCUT2D eigenvalue weighted by Gasteiger charge is 2.51. The summed E-state index contributed by atoms with van der Waals surface area (Å²) in [6.45, 7) is 1.15. The van der Waals surface area contributed by atoms with Crippen LogP contribution < -0.4 is 22.9 Å². The standard InChI is InChI=1S/C12H20N8/c13-1-5-6(2-14)10(8-4-18-12(16)20-8)9(5)7-3-17-11(15)19-7/h3-6,9-10H,1-2,13-14H2,(H3,15,17,19)(H3,16,18,20). The van der Waals surface area contributed by atoms with Crippen molar-refractivity contribution in [2.45, 2.75) is 11.8 Å². The van der Waals surface area contributed by atoms with E-state index < -0.39 is 0 Å². The summed E-state index contributed by atoms with van der Waals surface area (Å²) >= 11 is 0. The largest absolute Gasteiger partial charge is 0.369 e. The van der Waals surface area contributed by atoms with E-state index in [2.05, 4.69) is 19.9 Å². The Balaban J connectivity index is 1.96. The first kappa shape index (κ1) is 12.9. The molecule has 108 valence electrons. The van der Waals surface area contributed by atoms with Gasteiger partial charge in [0.2, 0.25) is 0 Å². The SMILES string of the molecule is NCC1C(CN)C(c2cnc(N)[nH]2)C1c1cnc(N)[nH]1. The van der Waals surface area contributed by atoms with Gasteiger partial charge in [0, 0.05) is 23.2 Å². The number of rotatable bonds is 4. The quantitative estimate of drug-likeness (QED) is 0.434. The molecule has 0 bridgehead atoms. The second-order valence-electron chi connectivity index (χ2n) is 5.30. The Morgan fingerprint density at radius 2 is 1.25 bits per heavy atom. The molecule has 1 aliphatic carbocycles. The first-order valence-electron chi connectivity index (χ1n) is 6.66. The fraction of sp³-hybridized carbons (Fsp3) is 0.500. The molecule has 1 saturated carbocycles. The maximum Gasteiger partial charge on any atom is 0.197 e. The Kier molecular flexibility index (Phi) is 3.11. The van der Waals surface area contributed by atoms with Crippen LogP contribution in [0.1, 0.15) is 23.2 Å². The van der Waals surface area contributed by atoms with Gasteiger partial charge in [-0.1, -0.05) is 0 Å². The van der Waals surface area contributed by atoms with E-state index in [1.165, 1.54) is 0 Å².